The number of hydrogen-bond donors (Lipinski definition) is 1. The fourth-order valence-corrected chi connectivity index (χ4v) is 7.22. The SMILES string of the molecule is O=C(Nc1ccc(Cl)cc1Cl)C1CCC(N2C(=O)C3C4C=CC(C5CC45)C3C2=O)CC1. The number of carbonyl (C=O) groups excluding carboxylic acids is 3. The lowest BCUT2D eigenvalue weighted by Crippen LogP contribution is -2.44. The number of allylic oxidation sites excluding steroid dienone is 2. The zero-order chi connectivity index (χ0) is 21.4. The molecular weight excluding hydrogens is 435 g/mol. The van der Waals surface area contributed by atoms with Crippen LogP contribution in [0.25, 0.3) is 0 Å². The molecule has 1 N–H and O–H groups in total. The molecule has 162 valence electrons. The Morgan fingerprint density at radius 3 is 2.13 bits per heavy atom. The molecule has 3 saturated carbocycles. The van der Waals surface area contributed by atoms with E-state index in [1.807, 2.05) is 0 Å². The Bertz CT molecular complexity index is 980. The minimum absolute atomic E-state index is 0.0422. The summed E-state index contributed by atoms with van der Waals surface area (Å²) in [6.45, 7) is 0. The number of halogens is 2. The number of carbonyl (C=O) groups is 3. The van der Waals surface area contributed by atoms with E-state index in [9.17, 15) is 14.4 Å². The summed E-state index contributed by atoms with van der Waals surface area (Å²) in [5, 5.41) is 3.82. The minimum atomic E-state index is -0.149. The highest BCUT2D eigenvalue weighted by Crippen LogP contribution is 2.65. The molecule has 7 heteroatoms. The number of nitrogens with zero attached hydrogens (tertiary/aromatic N) is 1. The van der Waals surface area contributed by atoms with Crippen LogP contribution in [0.3, 0.4) is 0 Å². The van der Waals surface area contributed by atoms with Gasteiger partial charge in [-0.1, -0.05) is 35.4 Å². The van der Waals surface area contributed by atoms with Crippen LogP contribution in [0.15, 0.2) is 30.4 Å². The number of hydrogen-bond acceptors (Lipinski definition) is 3. The molecule has 1 heterocycles. The van der Waals surface area contributed by atoms with Gasteiger partial charge in [-0.25, -0.2) is 0 Å². The van der Waals surface area contributed by atoms with Gasteiger partial charge in [0.2, 0.25) is 17.7 Å². The van der Waals surface area contributed by atoms with E-state index in [-0.39, 0.29) is 53.4 Å². The molecule has 3 amide bonds. The molecule has 6 unspecified atom stereocenters. The third-order valence-electron chi connectivity index (χ3n) is 8.32. The number of rotatable bonds is 3. The zero-order valence-electron chi connectivity index (χ0n) is 17.0. The van der Waals surface area contributed by atoms with Gasteiger partial charge in [0.1, 0.15) is 0 Å². The average Bonchev–Trinajstić information content (AvgIpc) is 3.54. The molecule has 2 bridgehead atoms. The molecule has 0 spiro atoms. The summed E-state index contributed by atoms with van der Waals surface area (Å²) in [6, 6.07) is 4.91. The molecule has 5 nitrogen and oxygen atoms in total. The first-order valence-electron chi connectivity index (χ1n) is 11.2. The largest absolute Gasteiger partial charge is 0.325 e. The van der Waals surface area contributed by atoms with Gasteiger partial charge in [-0.3, -0.25) is 19.3 Å². The molecule has 0 aromatic heterocycles. The van der Waals surface area contributed by atoms with Crippen molar-refractivity contribution in [2.45, 2.75) is 38.1 Å². The van der Waals surface area contributed by atoms with E-state index in [4.69, 9.17) is 23.2 Å². The van der Waals surface area contributed by atoms with Crippen molar-refractivity contribution in [2.75, 3.05) is 5.32 Å². The lowest BCUT2D eigenvalue weighted by molar-refractivity contribution is -0.144. The van der Waals surface area contributed by atoms with Crippen molar-refractivity contribution in [3.8, 4) is 0 Å². The maximum absolute atomic E-state index is 13.3. The van der Waals surface area contributed by atoms with Crippen LogP contribution < -0.4 is 5.32 Å². The van der Waals surface area contributed by atoms with Crippen molar-refractivity contribution in [3.63, 3.8) is 0 Å². The van der Waals surface area contributed by atoms with Gasteiger partial charge in [0.15, 0.2) is 0 Å². The Balaban J connectivity index is 1.11. The second kappa shape index (κ2) is 7.08. The van der Waals surface area contributed by atoms with Crippen LogP contribution >= 0.6 is 23.2 Å². The molecule has 5 aliphatic carbocycles. The van der Waals surface area contributed by atoms with Gasteiger partial charge in [-0.15, -0.1) is 0 Å². The van der Waals surface area contributed by atoms with Crippen molar-refractivity contribution in [1.29, 1.82) is 0 Å². The number of benzene rings is 1. The molecule has 0 radical (unpaired) electrons. The lowest BCUT2D eigenvalue weighted by atomic mass is 9.63. The first kappa shape index (κ1) is 19.8. The van der Waals surface area contributed by atoms with Crippen molar-refractivity contribution in [1.82, 2.24) is 4.90 Å². The van der Waals surface area contributed by atoms with Gasteiger partial charge in [-0.2, -0.15) is 0 Å². The zero-order valence-corrected chi connectivity index (χ0v) is 18.5. The Kier molecular flexibility index (Phi) is 4.52. The van der Waals surface area contributed by atoms with Crippen molar-refractivity contribution >= 4 is 46.6 Å². The van der Waals surface area contributed by atoms with Crippen LogP contribution in [-0.4, -0.2) is 28.7 Å². The van der Waals surface area contributed by atoms with E-state index in [2.05, 4.69) is 17.5 Å². The Morgan fingerprint density at radius 2 is 1.55 bits per heavy atom. The number of anilines is 1. The van der Waals surface area contributed by atoms with Gasteiger partial charge >= 0.3 is 0 Å². The van der Waals surface area contributed by atoms with Gasteiger partial charge in [0, 0.05) is 17.0 Å². The maximum atomic E-state index is 13.3. The Labute approximate surface area is 191 Å². The molecule has 7 rings (SSSR count). The van der Waals surface area contributed by atoms with Crippen LogP contribution in [0.4, 0.5) is 5.69 Å². The summed E-state index contributed by atoms with van der Waals surface area (Å²) < 4.78 is 0. The van der Waals surface area contributed by atoms with E-state index >= 15 is 0 Å². The molecular formula is C24H24Cl2N2O3. The molecule has 1 aliphatic heterocycles. The van der Waals surface area contributed by atoms with Gasteiger partial charge in [-0.05, 0) is 74.0 Å². The first-order chi connectivity index (χ1) is 14.9. The summed E-state index contributed by atoms with van der Waals surface area (Å²) >= 11 is 12.1. The molecule has 6 aliphatic rings. The van der Waals surface area contributed by atoms with Crippen LogP contribution in [0.1, 0.15) is 32.1 Å². The normalized spacial score (nSPS) is 40.0. The fraction of sp³-hybridized carbons (Fsp3) is 0.542. The van der Waals surface area contributed by atoms with E-state index < -0.39 is 0 Å². The Hall–Kier alpha value is -1.85. The van der Waals surface area contributed by atoms with E-state index in [0.717, 1.165) is 0 Å². The van der Waals surface area contributed by atoms with Crippen LogP contribution in [0, 0.1) is 41.4 Å². The number of likely N-dealkylation sites (tertiary alicyclic amines) is 1. The third-order valence-corrected chi connectivity index (χ3v) is 8.87. The topological polar surface area (TPSA) is 66.5 Å². The first-order valence-corrected chi connectivity index (χ1v) is 12.0. The molecule has 6 atom stereocenters. The third kappa shape index (κ3) is 3.00. The summed E-state index contributed by atoms with van der Waals surface area (Å²) in [4.78, 5) is 40.9. The van der Waals surface area contributed by atoms with Crippen molar-refractivity contribution in [3.05, 3.63) is 40.4 Å². The standard InChI is InChI=1S/C24H24Cl2N2O3/c25-12-3-8-19(18(26)9-12)27-22(29)11-1-4-13(5-2-11)28-23(30)20-14-6-7-15(17-10-16(14)17)21(20)24(28)31/h3,6-9,11,13-17,20-21H,1-2,4-5,10H2,(H,27,29). The maximum Gasteiger partial charge on any atom is 0.233 e. The summed E-state index contributed by atoms with van der Waals surface area (Å²) in [6.07, 6.45) is 8.26. The van der Waals surface area contributed by atoms with Gasteiger partial charge in [0.05, 0.1) is 22.5 Å². The smallest absolute Gasteiger partial charge is 0.233 e. The number of nitrogens with one attached hydrogen (secondary N) is 1. The summed E-state index contributed by atoms with van der Waals surface area (Å²) in [5.74, 6) is 1.33. The molecule has 1 aromatic rings. The van der Waals surface area contributed by atoms with E-state index in [1.165, 1.54) is 6.42 Å². The highest BCUT2D eigenvalue weighted by Gasteiger charge is 2.67. The summed E-state index contributed by atoms with van der Waals surface area (Å²) in [5.41, 5.74) is 0.550. The van der Waals surface area contributed by atoms with Crippen LogP contribution in [0.2, 0.25) is 10.0 Å². The van der Waals surface area contributed by atoms with Crippen LogP contribution in [-0.2, 0) is 14.4 Å². The monoisotopic (exact) mass is 458 g/mol. The molecule has 1 aromatic carbocycles. The second-order valence-corrected chi connectivity index (χ2v) is 10.7. The van der Waals surface area contributed by atoms with Crippen molar-refractivity contribution < 1.29 is 14.4 Å². The minimum Gasteiger partial charge on any atom is -0.325 e. The quantitative estimate of drug-likeness (QED) is 0.533. The average molecular weight is 459 g/mol. The van der Waals surface area contributed by atoms with Gasteiger partial charge < -0.3 is 5.32 Å². The van der Waals surface area contributed by atoms with Crippen LogP contribution in [0.5, 0.6) is 0 Å². The molecule has 4 fully saturated rings. The number of imide groups is 1. The van der Waals surface area contributed by atoms with Crippen molar-refractivity contribution in [2.24, 2.45) is 41.4 Å². The van der Waals surface area contributed by atoms with E-state index in [1.54, 1.807) is 23.1 Å². The summed E-state index contributed by atoms with van der Waals surface area (Å²) in [7, 11) is 0. The number of amides is 3. The highest BCUT2D eigenvalue weighted by atomic mass is 35.5. The fourth-order valence-electron chi connectivity index (χ4n) is 6.76. The van der Waals surface area contributed by atoms with E-state index in [0.29, 0.717) is 53.3 Å². The lowest BCUT2D eigenvalue weighted by Gasteiger charge is -2.37. The predicted molar refractivity (Wildman–Crippen MR) is 117 cm³/mol. The predicted octanol–water partition coefficient (Wildman–Crippen LogP) is 4.54. The molecule has 1 saturated heterocycles. The van der Waals surface area contributed by atoms with Gasteiger partial charge in [0.25, 0.3) is 0 Å². The molecule has 31 heavy (non-hydrogen) atoms. The Morgan fingerprint density at radius 1 is 0.935 bits per heavy atom. The second-order valence-electron chi connectivity index (χ2n) is 9.82. The highest BCUT2D eigenvalue weighted by molar-refractivity contribution is 6.36.